The number of hydrogen-bond acceptors (Lipinski definition) is 4. The molecule has 1 atom stereocenters. The zero-order chi connectivity index (χ0) is 18.9. The molecule has 0 saturated heterocycles. The monoisotopic (exact) mass is 380 g/mol. The highest BCUT2D eigenvalue weighted by Gasteiger charge is 2.32. The van der Waals surface area contributed by atoms with Crippen LogP contribution in [0.15, 0.2) is 48.7 Å². The summed E-state index contributed by atoms with van der Waals surface area (Å²) in [6.45, 7) is 1.49. The molecule has 4 nitrogen and oxygen atoms in total. The Morgan fingerprint density at radius 2 is 1.96 bits per heavy atom. The quantitative estimate of drug-likeness (QED) is 0.720. The lowest BCUT2D eigenvalue weighted by Crippen LogP contribution is -2.38. The summed E-state index contributed by atoms with van der Waals surface area (Å²) in [4.78, 5) is 16.1. The average molecular weight is 380 g/mol. The minimum absolute atomic E-state index is 0.00913. The van der Waals surface area contributed by atoms with Gasteiger partial charge in [-0.15, -0.1) is 11.3 Å². The van der Waals surface area contributed by atoms with Crippen molar-refractivity contribution in [3.8, 4) is 0 Å². The number of halogens is 3. The minimum Gasteiger partial charge on any atom is -0.383 e. The van der Waals surface area contributed by atoms with Gasteiger partial charge in [0.15, 0.2) is 0 Å². The largest absolute Gasteiger partial charge is 0.433 e. The van der Waals surface area contributed by atoms with Crippen LogP contribution in [0.3, 0.4) is 0 Å². The Bertz CT molecular complexity index is 901. The van der Waals surface area contributed by atoms with Gasteiger partial charge in [0.2, 0.25) is 0 Å². The number of rotatable bonds is 4. The molecule has 2 aromatic heterocycles. The molecule has 0 aliphatic rings. The predicted molar refractivity (Wildman–Crippen MR) is 93.0 cm³/mol. The number of alkyl halides is 3. The van der Waals surface area contributed by atoms with Crippen molar-refractivity contribution < 1.29 is 23.1 Å². The number of carbonyl (C=O) groups is 1. The summed E-state index contributed by atoms with van der Waals surface area (Å²) in [5.41, 5.74) is -2.38. The van der Waals surface area contributed by atoms with E-state index >= 15 is 0 Å². The highest BCUT2D eigenvalue weighted by atomic mass is 32.1. The molecule has 3 rings (SSSR count). The van der Waals surface area contributed by atoms with Gasteiger partial charge in [0.25, 0.3) is 5.91 Å². The third-order valence-electron chi connectivity index (χ3n) is 3.87. The summed E-state index contributed by atoms with van der Waals surface area (Å²) in [5.74, 6) is -0.604. The number of fused-ring (bicyclic) bond motifs is 1. The molecule has 8 heteroatoms. The minimum atomic E-state index is -4.56. The van der Waals surface area contributed by atoms with Crippen molar-refractivity contribution in [2.75, 3.05) is 6.54 Å². The fraction of sp³-hybridized carbons (Fsp3) is 0.222. The number of amides is 1. The first kappa shape index (κ1) is 18.3. The van der Waals surface area contributed by atoms with Gasteiger partial charge in [-0.3, -0.25) is 9.78 Å². The lowest BCUT2D eigenvalue weighted by Gasteiger charge is -2.22. The average Bonchev–Trinajstić information content (AvgIpc) is 3.04. The molecule has 0 aliphatic heterocycles. The number of pyridine rings is 1. The molecule has 0 spiro atoms. The van der Waals surface area contributed by atoms with E-state index in [1.54, 1.807) is 6.92 Å². The summed E-state index contributed by atoms with van der Waals surface area (Å²) in [7, 11) is 0. The number of carbonyl (C=O) groups excluding carboxylic acids is 1. The maximum atomic E-state index is 12.5. The maximum Gasteiger partial charge on any atom is 0.433 e. The third-order valence-corrected chi connectivity index (χ3v) is 5.23. The molecule has 0 bridgehead atoms. The van der Waals surface area contributed by atoms with E-state index in [0.717, 1.165) is 28.4 Å². The molecule has 0 fully saturated rings. The molecule has 2 N–H and O–H groups in total. The van der Waals surface area contributed by atoms with E-state index in [-0.39, 0.29) is 12.1 Å². The molecular formula is C18H15F3N2O2S. The summed E-state index contributed by atoms with van der Waals surface area (Å²) >= 11 is 1.42. The van der Waals surface area contributed by atoms with Gasteiger partial charge in [-0.05, 0) is 36.6 Å². The van der Waals surface area contributed by atoms with Crippen molar-refractivity contribution in [3.63, 3.8) is 0 Å². The third kappa shape index (κ3) is 3.86. The molecule has 0 saturated carbocycles. The van der Waals surface area contributed by atoms with E-state index in [0.29, 0.717) is 4.88 Å². The zero-order valence-electron chi connectivity index (χ0n) is 13.7. The molecular weight excluding hydrogens is 365 g/mol. The Hall–Kier alpha value is -2.45. The van der Waals surface area contributed by atoms with Crippen LogP contribution in [0.5, 0.6) is 0 Å². The fourth-order valence-corrected chi connectivity index (χ4v) is 3.49. The first-order chi connectivity index (χ1) is 12.2. The van der Waals surface area contributed by atoms with Gasteiger partial charge in [0, 0.05) is 15.8 Å². The van der Waals surface area contributed by atoms with Crippen molar-refractivity contribution in [3.05, 3.63) is 64.8 Å². The number of benzene rings is 1. The van der Waals surface area contributed by atoms with E-state index < -0.39 is 23.4 Å². The first-order valence-corrected chi connectivity index (χ1v) is 8.51. The van der Waals surface area contributed by atoms with Gasteiger partial charge < -0.3 is 10.4 Å². The van der Waals surface area contributed by atoms with Gasteiger partial charge >= 0.3 is 6.18 Å². The molecule has 136 valence electrons. The van der Waals surface area contributed by atoms with E-state index in [1.165, 1.54) is 11.3 Å². The molecule has 0 aliphatic carbocycles. The smallest absolute Gasteiger partial charge is 0.383 e. The van der Waals surface area contributed by atoms with Crippen molar-refractivity contribution in [2.45, 2.75) is 18.7 Å². The van der Waals surface area contributed by atoms with Crippen LogP contribution in [0, 0.1) is 0 Å². The van der Waals surface area contributed by atoms with Crippen molar-refractivity contribution in [1.29, 1.82) is 0 Å². The van der Waals surface area contributed by atoms with Crippen LogP contribution in [0.25, 0.3) is 10.1 Å². The number of aromatic nitrogens is 1. The van der Waals surface area contributed by atoms with Crippen LogP contribution in [0.1, 0.15) is 27.9 Å². The van der Waals surface area contributed by atoms with Crippen LogP contribution >= 0.6 is 11.3 Å². The summed E-state index contributed by atoms with van der Waals surface area (Å²) in [5, 5.41) is 14.2. The lowest BCUT2D eigenvalue weighted by molar-refractivity contribution is -0.141. The van der Waals surface area contributed by atoms with Gasteiger partial charge in [0.1, 0.15) is 11.3 Å². The van der Waals surface area contributed by atoms with E-state index in [4.69, 9.17) is 0 Å². The Morgan fingerprint density at radius 1 is 1.23 bits per heavy atom. The Balaban J connectivity index is 1.69. The van der Waals surface area contributed by atoms with Crippen LogP contribution in [-0.4, -0.2) is 22.5 Å². The van der Waals surface area contributed by atoms with Crippen LogP contribution < -0.4 is 5.32 Å². The molecule has 1 aromatic carbocycles. The Morgan fingerprint density at radius 3 is 2.58 bits per heavy atom. The number of aliphatic hydroxyl groups is 1. The Labute approximate surface area is 151 Å². The van der Waals surface area contributed by atoms with Crippen molar-refractivity contribution >= 4 is 27.3 Å². The normalized spacial score (nSPS) is 14.2. The van der Waals surface area contributed by atoms with Gasteiger partial charge in [-0.2, -0.15) is 13.2 Å². The standard InChI is InChI=1S/C18H15F3N2O2S/c1-17(25,15-8-11-4-2-3-5-13(11)26-15)10-23-16(24)12-6-7-14(22-9-12)18(19,20)21/h2-9,25H,10H2,1H3,(H,23,24). The fourth-order valence-electron chi connectivity index (χ4n) is 2.38. The van der Waals surface area contributed by atoms with Gasteiger partial charge in [-0.25, -0.2) is 0 Å². The first-order valence-electron chi connectivity index (χ1n) is 7.70. The molecule has 3 aromatic rings. The van der Waals surface area contributed by atoms with Crippen molar-refractivity contribution in [2.24, 2.45) is 0 Å². The van der Waals surface area contributed by atoms with E-state index in [2.05, 4.69) is 10.3 Å². The second kappa shape index (κ2) is 6.69. The van der Waals surface area contributed by atoms with Crippen molar-refractivity contribution in [1.82, 2.24) is 10.3 Å². The summed E-state index contributed by atoms with van der Waals surface area (Å²) < 4.78 is 38.5. The predicted octanol–water partition coefficient (Wildman–Crippen LogP) is 3.95. The topological polar surface area (TPSA) is 62.2 Å². The summed E-state index contributed by atoms with van der Waals surface area (Å²) in [6, 6.07) is 11.3. The molecule has 26 heavy (non-hydrogen) atoms. The SMILES string of the molecule is CC(O)(CNC(=O)c1ccc(C(F)(F)F)nc1)c1cc2ccccc2s1. The summed E-state index contributed by atoms with van der Waals surface area (Å²) in [6.07, 6.45) is -3.69. The highest BCUT2D eigenvalue weighted by molar-refractivity contribution is 7.19. The van der Waals surface area contributed by atoms with Gasteiger partial charge in [-0.1, -0.05) is 18.2 Å². The van der Waals surface area contributed by atoms with Crippen LogP contribution in [0.2, 0.25) is 0 Å². The number of nitrogens with zero attached hydrogens (tertiary/aromatic N) is 1. The molecule has 1 amide bonds. The Kier molecular flexibility index (Phi) is 4.72. The number of thiophene rings is 1. The molecule has 2 heterocycles. The molecule has 1 unspecified atom stereocenters. The van der Waals surface area contributed by atoms with E-state index in [1.807, 2.05) is 30.3 Å². The molecule has 0 radical (unpaired) electrons. The highest BCUT2D eigenvalue weighted by Crippen LogP contribution is 2.33. The van der Waals surface area contributed by atoms with Gasteiger partial charge in [0.05, 0.1) is 12.1 Å². The zero-order valence-corrected chi connectivity index (χ0v) is 14.5. The van der Waals surface area contributed by atoms with Crippen LogP contribution in [0.4, 0.5) is 13.2 Å². The number of hydrogen-bond donors (Lipinski definition) is 2. The maximum absolute atomic E-state index is 12.5. The lowest BCUT2D eigenvalue weighted by atomic mass is 10.0. The second-order valence-corrected chi connectivity index (χ2v) is 7.12. The second-order valence-electron chi connectivity index (χ2n) is 6.03. The van der Waals surface area contributed by atoms with Crippen LogP contribution in [-0.2, 0) is 11.8 Å². The number of nitrogens with one attached hydrogen (secondary N) is 1. The van der Waals surface area contributed by atoms with E-state index in [9.17, 15) is 23.1 Å².